The molecular weight excluding hydrogens is 342 g/mol. The normalized spacial score (nSPS) is 11.7. The van der Waals surface area contributed by atoms with E-state index in [0.717, 1.165) is 41.8 Å². The number of rotatable bonds is 7. The van der Waals surface area contributed by atoms with Crippen LogP contribution in [-0.4, -0.2) is 16.1 Å². The Bertz CT molecular complexity index is 806. The number of thioether (sulfide) groups is 1. The molecule has 1 aromatic carbocycles. The molecule has 4 nitrogen and oxygen atoms in total. The van der Waals surface area contributed by atoms with Gasteiger partial charge in [0.05, 0.1) is 10.8 Å². The number of hydrogen-bond donors (Lipinski definition) is 1. The standard InChI is InChI=1S/C21H25N3OS/c1-5-6-10-18-12-11-17(13-22)21(23-18)26-16(4)20(25)24-19-14(2)8-7-9-15(19)3/h7-9,11-12,16H,5-6,10H2,1-4H3,(H,24,25). The molecule has 1 aromatic heterocycles. The molecule has 2 aromatic rings. The van der Waals surface area contributed by atoms with Crippen LogP contribution in [0.15, 0.2) is 35.4 Å². The monoisotopic (exact) mass is 367 g/mol. The van der Waals surface area contributed by atoms with Crippen LogP contribution in [0.4, 0.5) is 5.69 Å². The Hall–Kier alpha value is -2.32. The molecule has 1 atom stereocenters. The molecule has 26 heavy (non-hydrogen) atoms. The van der Waals surface area contributed by atoms with Crippen molar-refractivity contribution in [2.24, 2.45) is 0 Å². The molecule has 0 radical (unpaired) electrons. The Morgan fingerprint density at radius 1 is 1.27 bits per heavy atom. The third-order valence-electron chi connectivity index (χ3n) is 4.21. The van der Waals surface area contributed by atoms with E-state index >= 15 is 0 Å². The van der Waals surface area contributed by atoms with Crippen molar-refractivity contribution in [3.63, 3.8) is 0 Å². The number of benzene rings is 1. The number of carbonyl (C=O) groups excluding carboxylic acids is 1. The summed E-state index contributed by atoms with van der Waals surface area (Å²) in [6.45, 7) is 7.94. The maximum Gasteiger partial charge on any atom is 0.237 e. The molecule has 0 bridgehead atoms. The number of aryl methyl sites for hydroxylation is 3. The zero-order chi connectivity index (χ0) is 19.1. The van der Waals surface area contributed by atoms with E-state index in [4.69, 9.17) is 0 Å². The maximum absolute atomic E-state index is 12.6. The van der Waals surface area contributed by atoms with E-state index in [0.29, 0.717) is 10.6 Å². The van der Waals surface area contributed by atoms with Gasteiger partial charge < -0.3 is 5.32 Å². The fourth-order valence-electron chi connectivity index (χ4n) is 2.61. The van der Waals surface area contributed by atoms with Gasteiger partial charge in [0.2, 0.25) is 5.91 Å². The van der Waals surface area contributed by atoms with Crippen LogP contribution in [0.2, 0.25) is 0 Å². The fraction of sp³-hybridized carbons (Fsp3) is 0.381. The van der Waals surface area contributed by atoms with Crippen LogP contribution in [0.5, 0.6) is 0 Å². The first-order valence-electron chi connectivity index (χ1n) is 8.90. The van der Waals surface area contributed by atoms with Crippen molar-refractivity contribution < 1.29 is 4.79 Å². The number of anilines is 1. The number of carbonyl (C=O) groups is 1. The molecule has 136 valence electrons. The summed E-state index contributed by atoms with van der Waals surface area (Å²) < 4.78 is 0. The summed E-state index contributed by atoms with van der Waals surface area (Å²) in [5.41, 5.74) is 4.41. The van der Waals surface area contributed by atoms with Gasteiger partial charge in [-0.1, -0.05) is 43.3 Å². The van der Waals surface area contributed by atoms with Crippen LogP contribution in [0.25, 0.3) is 0 Å². The average molecular weight is 368 g/mol. The Morgan fingerprint density at radius 3 is 2.58 bits per heavy atom. The van der Waals surface area contributed by atoms with Crippen molar-refractivity contribution in [3.8, 4) is 6.07 Å². The van der Waals surface area contributed by atoms with Crippen LogP contribution in [0.1, 0.15) is 49.1 Å². The Labute approximate surface area is 160 Å². The predicted molar refractivity (Wildman–Crippen MR) is 107 cm³/mol. The van der Waals surface area contributed by atoms with Gasteiger partial charge in [0, 0.05) is 11.4 Å². The Kier molecular flexibility index (Phi) is 7.23. The number of pyridine rings is 1. The summed E-state index contributed by atoms with van der Waals surface area (Å²) >= 11 is 1.34. The summed E-state index contributed by atoms with van der Waals surface area (Å²) in [5.74, 6) is -0.0861. The molecule has 0 saturated heterocycles. The summed E-state index contributed by atoms with van der Waals surface area (Å²) in [4.78, 5) is 17.2. The Balaban J connectivity index is 2.14. The zero-order valence-electron chi connectivity index (χ0n) is 15.8. The van der Waals surface area contributed by atoms with Crippen molar-refractivity contribution in [3.05, 3.63) is 52.7 Å². The molecule has 1 N–H and O–H groups in total. The molecule has 0 aliphatic heterocycles. The van der Waals surface area contributed by atoms with Crippen LogP contribution in [0.3, 0.4) is 0 Å². The minimum Gasteiger partial charge on any atom is -0.325 e. The fourth-order valence-corrected chi connectivity index (χ4v) is 3.52. The Morgan fingerprint density at radius 2 is 1.96 bits per heavy atom. The van der Waals surface area contributed by atoms with Crippen LogP contribution < -0.4 is 5.32 Å². The highest BCUT2D eigenvalue weighted by Crippen LogP contribution is 2.27. The minimum absolute atomic E-state index is 0.0861. The third kappa shape index (κ3) is 5.09. The molecule has 0 aliphatic rings. The highest BCUT2D eigenvalue weighted by atomic mass is 32.2. The second-order valence-electron chi connectivity index (χ2n) is 6.39. The smallest absolute Gasteiger partial charge is 0.237 e. The summed E-state index contributed by atoms with van der Waals surface area (Å²) in [6, 6.07) is 11.8. The van der Waals surface area contributed by atoms with E-state index < -0.39 is 0 Å². The van der Waals surface area contributed by atoms with Gasteiger partial charge in [0.15, 0.2) is 0 Å². The summed E-state index contributed by atoms with van der Waals surface area (Å²) in [5, 5.41) is 12.6. The SMILES string of the molecule is CCCCc1ccc(C#N)c(SC(C)C(=O)Nc2c(C)cccc2C)n1. The molecule has 0 spiro atoms. The van der Waals surface area contributed by atoms with Gasteiger partial charge in [-0.2, -0.15) is 5.26 Å². The van der Waals surface area contributed by atoms with Crippen LogP contribution in [-0.2, 0) is 11.2 Å². The van der Waals surface area contributed by atoms with Crippen LogP contribution >= 0.6 is 11.8 Å². The summed E-state index contributed by atoms with van der Waals surface area (Å²) in [7, 11) is 0. The van der Waals surface area contributed by atoms with Gasteiger partial charge in [-0.25, -0.2) is 4.98 Å². The maximum atomic E-state index is 12.6. The highest BCUT2D eigenvalue weighted by molar-refractivity contribution is 8.00. The molecule has 0 aliphatic carbocycles. The number of nitrogens with zero attached hydrogens (tertiary/aromatic N) is 2. The molecule has 0 saturated carbocycles. The predicted octanol–water partition coefficient (Wildman–Crippen LogP) is 5.03. The van der Waals surface area contributed by atoms with Gasteiger partial charge in [0.1, 0.15) is 11.1 Å². The quantitative estimate of drug-likeness (QED) is 0.697. The lowest BCUT2D eigenvalue weighted by atomic mass is 10.1. The van der Waals surface area contributed by atoms with E-state index in [2.05, 4.69) is 23.3 Å². The second-order valence-corrected chi connectivity index (χ2v) is 7.72. The lowest BCUT2D eigenvalue weighted by Gasteiger charge is -2.16. The van der Waals surface area contributed by atoms with Gasteiger partial charge in [-0.05, 0) is 56.9 Å². The van der Waals surface area contributed by atoms with Crippen molar-refractivity contribution in [1.82, 2.24) is 4.98 Å². The third-order valence-corrected chi connectivity index (χ3v) is 5.31. The molecular formula is C21H25N3OS. The summed E-state index contributed by atoms with van der Waals surface area (Å²) in [6.07, 6.45) is 3.04. The number of hydrogen-bond acceptors (Lipinski definition) is 4. The van der Waals surface area contributed by atoms with Crippen molar-refractivity contribution in [2.45, 2.75) is 57.2 Å². The topological polar surface area (TPSA) is 65.8 Å². The molecule has 2 rings (SSSR count). The minimum atomic E-state index is -0.352. The van der Waals surface area contributed by atoms with E-state index in [1.165, 1.54) is 11.8 Å². The number of unbranched alkanes of at least 4 members (excludes halogenated alkanes) is 1. The van der Waals surface area contributed by atoms with Gasteiger partial charge in [0.25, 0.3) is 0 Å². The molecule has 1 amide bonds. The molecule has 1 heterocycles. The lowest BCUT2D eigenvalue weighted by Crippen LogP contribution is -2.23. The number of aromatic nitrogens is 1. The molecule has 5 heteroatoms. The van der Waals surface area contributed by atoms with Gasteiger partial charge in [-0.15, -0.1) is 0 Å². The van der Waals surface area contributed by atoms with Crippen molar-refractivity contribution in [1.29, 1.82) is 5.26 Å². The van der Waals surface area contributed by atoms with E-state index in [1.54, 1.807) is 6.07 Å². The van der Waals surface area contributed by atoms with E-state index in [1.807, 2.05) is 45.0 Å². The lowest BCUT2D eigenvalue weighted by molar-refractivity contribution is -0.115. The first-order chi connectivity index (χ1) is 12.5. The molecule has 0 fully saturated rings. The number of para-hydroxylation sites is 1. The average Bonchev–Trinajstić information content (AvgIpc) is 2.63. The number of nitriles is 1. The van der Waals surface area contributed by atoms with Gasteiger partial charge >= 0.3 is 0 Å². The molecule has 1 unspecified atom stereocenters. The van der Waals surface area contributed by atoms with Crippen molar-refractivity contribution in [2.75, 3.05) is 5.32 Å². The highest BCUT2D eigenvalue weighted by Gasteiger charge is 2.19. The van der Waals surface area contributed by atoms with E-state index in [9.17, 15) is 10.1 Å². The van der Waals surface area contributed by atoms with E-state index in [-0.39, 0.29) is 11.2 Å². The second kappa shape index (κ2) is 9.40. The first-order valence-corrected chi connectivity index (χ1v) is 9.78. The first kappa shape index (κ1) is 20.0. The largest absolute Gasteiger partial charge is 0.325 e. The van der Waals surface area contributed by atoms with Crippen LogP contribution in [0, 0.1) is 25.2 Å². The van der Waals surface area contributed by atoms with Crippen molar-refractivity contribution >= 4 is 23.4 Å². The zero-order valence-corrected chi connectivity index (χ0v) is 16.6. The number of amides is 1. The number of nitrogens with one attached hydrogen (secondary N) is 1. The van der Waals surface area contributed by atoms with Gasteiger partial charge in [-0.3, -0.25) is 4.79 Å².